The Morgan fingerprint density at radius 3 is 2.94 bits per heavy atom. The maximum atomic E-state index is 11.2. The Morgan fingerprint density at radius 1 is 1.47 bits per heavy atom. The molecule has 0 spiro atoms. The van der Waals surface area contributed by atoms with Crippen LogP contribution in [-0.4, -0.2) is 15.9 Å². The minimum Gasteiger partial charge on any atom is -0.368 e. The molecule has 0 unspecified atom stereocenters. The van der Waals surface area contributed by atoms with Gasteiger partial charge in [0.15, 0.2) is 0 Å². The zero-order valence-electron chi connectivity index (χ0n) is 9.30. The largest absolute Gasteiger partial charge is 0.368 e. The van der Waals surface area contributed by atoms with Gasteiger partial charge in [-0.1, -0.05) is 6.92 Å². The predicted molar refractivity (Wildman–Crippen MR) is 70.1 cm³/mol. The summed E-state index contributed by atoms with van der Waals surface area (Å²) in [5, 5.41) is 3.62. The lowest BCUT2D eigenvalue weighted by Gasteiger charge is -2.04. The van der Waals surface area contributed by atoms with Gasteiger partial charge in [-0.2, -0.15) is 0 Å². The highest BCUT2D eigenvalue weighted by atomic mass is 35.5. The molecule has 0 bridgehead atoms. The number of nitrogens with one attached hydrogen (secondary N) is 1. The van der Waals surface area contributed by atoms with Crippen LogP contribution in [0.1, 0.15) is 13.3 Å². The molecular weight excluding hydrogens is 240 g/mol. The fraction of sp³-hybridized carbons (Fsp3) is 0.182. The van der Waals surface area contributed by atoms with Crippen molar-refractivity contribution < 1.29 is 4.79 Å². The molecule has 2 rings (SSSR count). The van der Waals surface area contributed by atoms with Gasteiger partial charge in [0, 0.05) is 23.7 Å². The fourth-order valence-corrected chi connectivity index (χ4v) is 1.37. The molecule has 0 saturated heterocycles. The lowest BCUT2D eigenvalue weighted by molar-refractivity contribution is -0.115. The third-order valence-electron chi connectivity index (χ3n) is 2.20. The quantitative estimate of drug-likeness (QED) is 0.856. The third-order valence-corrected chi connectivity index (χ3v) is 2.20. The Morgan fingerprint density at radius 2 is 2.24 bits per heavy atom. The fourth-order valence-electron chi connectivity index (χ4n) is 1.37. The highest BCUT2D eigenvalue weighted by Gasteiger charge is 2.01. The van der Waals surface area contributed by atoms with E-state index in [2.05, 4.69) is 15.3 Å². The molecule has 2 aromatic rings. The van der Waals surface area contributed by atoms with Crippen LogP contribution in [0.2, 0.25) is 0 Å². The van der Waals surface area contributed by atoms with Gasteiger partial charge in [0.25, 0.3) is 0 Å². The van der Waals surface area contributed by atoms with E-state index in [1.807, 2.05) is 6.07 Å². The number of anilines is 2. The lowest BCUT2D eigenvalue weighted by atomic mass is 10.2. The van der Waals surface area contributed by atoms with Crippen LogP contribution in [-0.2, 0) is 4.79 Å². The molecule has 0 fully saturated rings. The van der Waals surface area contributed by atoms with Gasteiger partial charge >= 0.3 is 0 Å². The Bertz CT molecular complexity index is 544. The van der Waals surface area contributed by atoms with Crippen LogP contribution < -0.4 is 11.1 Å². The topological polar surface area (TPSA) is 80.9 Å². The van der Waals surface area contributed by atoms with Crippen LogP contribution >= 0.6 is 12.4 Å². The summed E-state index contributed by atoms with van der Waals surface area (Å²) in [5.41, 5.74) is 6.98. The lowest BCUT2D eigenvalue weighted by Crippen LogP contribution is -2.09. The molecule has 0 saturated carbocycles. The van der Waals surface area contributed by atoms with Crippen LogP contribution in [0.5, 0.6) is 0 Å². The molecular formula is C11H13ClN4O. The third kappa shape index (κ3) is 3.04. The Balaban J connectivity index is 0.00000144. The van der Waals surface area contributed by atoms with Gasteiger partial charge in [-0.05, 0) is 18.2 Å². The first-order chi connectivity index (χ1) is 7.69. The second-order valence-corrected chi connectivity index (χ2v) is 3.40. The van der Waals surface area contributed by atoms with Crippen molar-refractivity contribution in [2.24, 2.45) is 0 Å². The summed E-state index contributed by atoms with van der Waals surface area (Å²) in [6, 6.07) is 5.42. The minimum absolute atomic E-state index is 0. The average molecular weight is 253 g/mol. The summed E-state index contributed by atoms with van der Waals surface area (Å²) >= 11 is 0. The van der Waals surface area contributed by atoms with E-state index in [4.69, 9.17) is 5.73 Å². The summed E-state index contributed by atoms with van der Waals surface area (Å²) in [4.78, 5) is 19.2. The molecule has 3 N–H and O–H groups in total. The molecule has 90 valence electrons. The number of carbonyl (C=O) groups is 1. The van der Waals surface area contributed by atoms with Crippen molar-refractivity contribution in [3.8, 4) is 0 Å². The summed E-state index contributed by atoms with van der Waals surface area (Å²) in [6.07, 6.45) is 2.09. The first-order valence-corrected chi connectivity index (χ1v) is 5.01. The number of carbonyl (C=O) groups excluding carboxylic acids is 1. The van der Waals surface area contributed by atoms with E-state index in [9.17, 15) is 4.79 Å². The highest BCUT2D eigenvalue weighted by molar-refractivity contribution is 5.93. The monoisotopic (exact) mass is 252 g/mol. The number of amides is 1. The van der Waals surface area contributed by atoms with Crippen LogP contribution in [0.25, 0.3) is 10.9 Å². The number of rotatable bonds is 2. The smallest absolute Gasteiger partial charge is 0.224 e. The van der Waals surface area contributed by atoms with E-state index < -0.39 is 0 Å². The zero-order valence-corrected chi connectivity index (χ0v) is 10.1. The van der Waals surface area contributed by atoms with Crippen LogP contribution in [0, 0.1) is 0 Å². The molecule has 17 heavy (non-hydrogen) atoms. The van der Waals surface area contributed by atoms with Crippen molar-refractivity contribution in [3.05, 3.63) is 24.4 Å². The van der Waals surface area contributed by atoms with Crippen molar-refractivity contribution >= 4 is 40.9 Å². The molecule has 1 heterocycles. The van der Waals surface area contributed by atoms with Gasteiger partial charge in [0.1, 0.15) is 0 Å². The number of benzene rings is 1. The molecule has 1 aromatic heterocycles. The number of aromatic nitrogens is 2. The van der Waals surface area contributed by atoms with E-state index in [0.717, 1.165) is 16.6 Å². The van der Waals surface area contributed by atoms with E-state index in [1.165, 1.54) is 0 Å². The molecule has 0 aliphatic heterocycles. The van der Waals surface area contributed by atoms with Crippen molar-refractivity contribution in [2.45, 2.75) is 13.3 Å². The van der Waals surface area contributed by atoms with Crippen molar-refractivity contribution in [2.75, 3.05) is 11.1 Å². The number of hydrogen-bond acceptors (Lipinski definition) is 4. The Hall–Kier alpha value is -1.88. The van der Waals surface area contributed by atoms with Crippen molar-refractivity contribution in [3.63, 3.8) is 0 Å². The molecule has 0 radical (unpaired) electrons. The second-order valence-electron chi connectivity index (χ2n) is 3.40. The standard InChI is InChI=1S/C11H12N4O.ClH/c1-2-10(16)14-8-3-4-9-7(5-8)6-13-11(12)15-9;/h3-6H,2H2,1H3,(H,14,16)(H2,12,13,15);1H. The van der Waals surface area contributed by atoms with Crippen LogP contribution in [0.15, 0.2) is 24.4 Å². The first-order valence-electron chi connectivity index (χ1n) is 5.01. The van der Waals surface area contributed by atoms with Gasteiger partial charge in [0.2, 0.25) is 11.9 Å². The van der Waals surface area contributed by atoms with Crippen LogP contribution in [0.4, 0.5) is 11.6 Å². The number of hydrogen-bond donors (Lipinski definition) is 2. The molecule has 0 aliphatic carbocycles. The first kappa shape index (κ1) is 13.2. The molecule has 1 aromatic carbocycles. The summed E-state index contributed by atoms with van der Waals surface area (Å²) in [7, 11) is 0. The normalized spacial score (nSPS) is 9.71. The van der Waals surface area contributed by atoms with Crippen molar-refractivity contribution in [1.82, 2.24) is 9.97 Å². The maximum Gasteiger partial charge on any atom is 0.224 e. The van der Waals surface area contributed by atoms with Gasteiger partial charge in [-0.25, -0.2) is 9.97 Å². The molecule has 0 aliphatic rings. The van der Waals surface area contributed by atoms with E-state index in [1.54, 1.807) is 25.3 Å². The number of halogens is 1. The van der Waals surface area contributed by atoms with Crippen LogP contribution in [0.3, 0.4) is 0 Å². The van der Waals surface area contributed by atoms with E-state index in [-0.39, 0.29) is 24.3 Å². The number of nitrogen functional groups attached to an aromatic ring is 1. The highest BCUT2D eigenvalue weighted by Crippen LogP contribution is 2.17. The van der Waals surface area contributed by atoms with Gasteiger partial charge in [-0.3, -0.25) is 4.79 Å². The zero-order chi connectivity index (χ0) is 11.5. The van der Waals surface area contributed by atoms with E-state index in [0.29, 0.717) is 6.42 Å². The summed E-state index contributed by atoms with van der Waals surface area (Å²) in [6.45, 7) is 1.81. The predicted octanol–water partition coefficient (Wildman–Crippen LogP) is 1.98. The van der Waals surface area contributed by atoms with Gasteiger partial charge in [0.05, 0.1) is 5.52 Å². The average Bonchev–Trinajstić information content (AvgIpc) is 2.29. The minimum atomic E-state index is -0.0179. The number of nitrogens with zero attached hydrogens (tertiary/aromatic N) is 2. The molecule has 6 heteroatoms. The summed E-state index contributed by atoms with van der Waals surface area (Å²) in [5.74, 6) is 0.230. The van der Waals surface area contributed by atoms with Gasteiger partial charge < -0.3 is 11.1 Å². The van der Waals surface area contributed by atoms with E-state index >= 15 is 0 Å². The maximum absolute atomic E-state index is 11.2. The Labute approximate surface area is 105 Å². The SMILES string of the molecule is CCC(=O)Nc1ccc2nc(N)ncc2c1.Cl. The number of fused-ring (bicyclic) bond motifs is 1. The number of nitrogens with two attached hydrogens (primary N) is 1. The molecule has 0 atom stereocenters. The molecule has 1 amide bonds. The summed E-state index contributed by atoms with van der Waals surface area (Å²) < 4.78 is 0. The van der Waals surface area contributed by atoms with Gasteiger partial charge in [-0.15, -0.1) is 12.4 Å². The molecule has 5 nitrogen and oxygen atoms in total. The Kier molecular flexibility index (Phi) is 4.23. The second kappa shape index (κ2) is 5.45. The van der Waals surface area contributed by atoms with Crippen molar-refractivity contribution in [1.29, 1.82) is 0 Å².